The number of nitrogens with one attached hydrogen (secondary N) is 1. The molecule has 112 valence electrons. The highest BCUT2D eigenvalue weighted by atomic mass is 35.5. The SMILES string of the molecule is CCN(CC)CCNc1nnc(-c2ccc(Cl)cc2)nn1. The Morgan fingerprint density at radius 2 is 1.62 bits per heavy atom. The van der Waals surface area contributed by atoms with Crippen molar-refractivity contribution in [1.82, 2.24) is 25.3 Å². The fraction of sp³-hybridized carbons (Fsp3) is 0.429. The summed E-state index contributed by atoms with van der Waals surface area (Å²) in [5.41, 5.74) is 0.842. The number of hydrogen-bond donors (Lipinski definition) is 1. The Labute approximate surface area is 129 Å². The molecule has 2 rings (SSSR count). The Morgan fingerprint density at radius 1 is 1.00 bits per heavy atom. The monoisotopic (exact) mass is 306 g/mol. The van der Waals surface area contributed by atoms with E-state index in [4.69, 9.17) is 11.6 Å². The number of benzene rings is 1. The lowest BCUT2D eigenvalue weighted by atomic mass is 10.2. The smallest absolute Gasteiger partial charge is 0.262 e. The quantitative estimate of drug-likeness (QED) is 0.847. The molecule has 21 heavy (non-hydrogen) atoms. The molecule has 0 saturated carbocycles. The first kappa shape index (κ1) is 15.6. The van der Waals surface area contributed by atoms with Gasteiger partial charge in [-0.15, -0.1) is 20.4 Å². The zero-order chi connectivity index (χ0) is 15.1. The summed E-state index contributed by atoms with van der Waals surface area (Å²) >= 11 is 5.84. The van der Waals surface area contributed by atoms with Crippen molar-refractivity contribution in [2.45, 2.75) is 13.8 Å². The summed E-state index contributed by atoms with van der Waals surface area (Å²) in [6.07, 6.45) is 0. The van der Waals surface area contributed by atoms with Crippen LogP contribution >= 0.6 is 11.6 Å². The Bertz CT molecular complexity index is 538. The topological polar surface area (TPSA) is 66.8 Å². The third-order valence-corrected chi connectivity index (χ3v) is 3.44. The highest BCUT2D eigenvalue weighted by molar-refractivity contribution is 6.30. The molecule has 1 N–H and O–H groups in total. The average Bonchev–Trinajstić information content (AvgIpc) is 2.53. The van der Waals surface area contributed by atoms with Crippen molar-refractivity contribution in [3.8, 4) is 11.4 Å². The Balaban J connectivity index is 1.91. The molecule has 0 amide bonds. The lowest BCUT2D eigenvalue weighted by molar-refractivity contribution is 0.315. The summed E-state index contributed by atoms with van der Waals surface area (Å²) < 4.78 is 0. The normalized spacial score (nSPS) is 10.9. The van der Waals surface area contributed by atoms with E-state index in [0.29, 0.717) is 16.8 Å². The van der Waals surface area contributed by atoms with Gasteiger partial charge in [-0.05, 0) is 37.4 Å². The van der Waals surface area contributed by atoms with E-state index in [1.807, 2.05) is 12.1 Å². The Morgan fingerprint density at radius 3 is 2.19 bits per heavy atom. The molecule has 0 aliphatic heterocycles. The molecule has 0 saturated heterocycles. The van der Waals surface area contributed by atoms with Crippen LogP contribution in [0.5, 0.6) is 0 Å². The Hall–Kier alpha value is -1.79. The third-order valence-electron chi connectivity index (χ3n) is 3.19. The summed E-state index contributed by atoms with van der Waals surface area (Å²) in [5, 5.41) is 20.0. The van der Waals surface area contributed by atoms with Gasteiger partial charge in [-0.25, -0.2) is 0 Å². The molecule has 1 aromatic heterocycles. The lowest BCUT2D eigenvalue weighted by Crippen LogP contribution is -2.29. The van der Waals surface area contributed by atoms with Gasteiger partial charge in [0.1, 0.15) is 0 Å². The number of nitrogens with zero attached hydrogens (tertiary/aromatic N) is 5. The van der Waals surface area contributed by atoms with Gasteiger partial charge in [-0.1, -0.05) is 25.4 Å². The molecule has 6 nitrogen and oxygen atoms in total. The minimum Gasteiger partial charge on any atom is -0.350 e. The fourth-order valence-electron chi connectivity index (χ4n) is 1.88. The van der Waals surface area contributed by atoms with Crippen molar-refractivity contribution in [2.75, 3.05) is 31.5 Å². The van der Waals surface area contributed by atoms with Crippen LogP contribution in [-0.2, 0) is 0 Å². The second-order valence-corrected chi connectivity index (χ2v) is 4.94. The van der Waals surface area contributed by atoms with E-state index in [0.717, 1.165) is 31.7 Å². The van der Waals surface area contributed by atoms with Gasteiger partial charge in [0.05, 0.1) is 0 Å². The van der Waals surface area contributed by atoms with Crippen LogP contribution in [0.15, 0.2) is 24.3 Å². The van der Waals surface area contributed by atoms with E-state index in [1.165, 1.54) is 0 Å². The molecule has 2 aromatic rings. The largest absolute Gasteiger partial charge is 0.350 e. The van der Waals surface area contributed by atoms with Crippen LogP contribution < -0.4 is 5.32 Å². The number of aromatic nitrogens is 4. The molecule has 0 bridgehead atoms. The van der Waals surface area contributed by atoms with E-state index in [-0.39, 0.29) is 0 Å². The van der Waals surface area contributed by atoms with E-state index < -0.39 is 0 Å². The molecule has 0 radical (unpaired) electrons. The summed E-state index contributed by atoms with van der Waals surface area (Å²) in [5.74, 6) is 0.931. The molecule has 1 aromatic carbocycles. The van der Waals surface area contributed by atoms with Crippen LogP contribution in [0.25, 0.3) is 11.4 Å². The van der Waals surface area contributed by atoms with Crippen LogP contribution in [0.4, 0.5) is 5.95 Å². The van der Waals surface area contributed by atoms with Crippen molar-refractivity contribution >= 4 is 17.5 Å². The van der Waals surface area contributed by atoms with Gasteiger partial charge in [0, 0.05) is 23.7 Å². The van der Waals surface area contributed by atoms with Crippen LogP contribution in [0.3, 0.4) is 0 Å². The van der Waals surface area contributed by atoms with Crippen molar-refractivity contribution in [3.63, 3.8) is 0 Å². The molecule has 1 heterocycles. The maximum atomic E-state index is 5.84. The van der Waals surface area contributed by atoms with Crippen molar-refractivity contribution < 1.29 is 0 Å². The molecule has 0 aliphatic rings. The van der Waals surface area contributed by atoms with Gasteiger partial charge < -0.3 is 10.2 Å². The van der Waals surface area contributed by atoms with Gasteiger partial charge in [-0.2, -0.15) is 0 Å². The minimum absolute atomic E-state index is 0.444. The summed E-state index contributed by atoms with van der Waals surface area (Å²) in [6.45, 7) is 8.06. The first-order valence-electron chi connectivity index (χ1n) is 7.02. The molecular formula is C14H19ClN6. The van der Waals surface area contributed by atoms with Crippen molar-refractivity contribution in [2.24, 2.45) is 0 Å². The summed E-state index contributed by atoms with van der Waals surface area (Å²) in [4.78, 5) is 2.32. The van der Waals surface area contributed by atoms with Crippen molar-refractivity contribution in [1.29, 1.82) is 0 Å². The van der Waals surface area contributed by atoms with Crippen LogP contribution in [-0.4, -0.2) is 51.5 Å². The molecule has 0 unspecified atom stereocenters. The highest BCUT2D eigenvalue weighted by Gasteiger charge is 2.05. The standard InChI is InChI=1S/C14H19ClN6/c1-3-21(4-2)10-9-16-14-19-17-13(18-20-14)11-5-7-12(15)8-6-11/h5-8H,3-4,9-10H2,1-2H3,(H,16,19,20). The van der Waals surface area contributed by atoms with Gasteiger partial charge in [-0.3, -0.25) is 0 Å². The molecule has 7 heteroatoms. The first-order chi connectivity index (χ1) is 10.2. The van der Waals surface area contributed by atoms with E-state index >= 15 is 0 Å². The van der Waals surface area contributed by atoms with Gasteiger partial charge in [0.15, 0.2) is 0 Å². The molecule has 0 atom stereocenters. The zero-order valence-corrected chi connectivity index (χ0v) is 13.0. The van der Waals surface area contributed by atoms with Crippen LogP contribution in [0, 0.1) is 0 Å². The first-order valence-corrected chi connectivity index (χ1v) is 7.40. The second-order valence-electron chi connectivity index (χ2n) is 4.51. The molecule has 0 spiro atoms. The van der Waals surface area contributed by atoms with Gasteiger partial charge in [0.25, 0.3) is 5.95 Å². The molecular weight excluding hydrogens is 288 g/mol. The predicted molar refractivity (Wildman–Crippen MR) is 84.3 cm³/mol. The van der Waals surface area contributed by atoms with Gasteiger partial charge >= 0.3 is 0 Å². The predicted octanol–water partition coefficient (Wildman–Crippen LogP) is 2.34. The number of hydrogen-bond acceptors (Lipinski definition) is 6. The maximum absolute atomic E-state index is 5.84. The average molecular weight is 307 g/mol. The van der Waals surface area contributed by atoms with Gasteiger partial charge in [0.2, 0.25) is 5.82 Å². The molecule has 0 fully saturated rings. The summed E-state index contributed by atoms with van der Waals surface area (Å²) in [7, 11) is 0. The van der Waals surface area contributed by atoms with Crippen LogP contribution in [0.1, 0.15) is 13.8 Å². The number of halogens is 1. The Kier molecular flexibility index (Phi) is 5.83. The van der Waals surface area contributed by atoms with E-state index in [9.17, 15) is 0 Å². The number of anilines is 1. The third kappa shape index (κ3) is 4.61. The minimum atomic E-state index is 0.444. The molecule has 0 aliphatic carbocycles. The number of likely N-dealkylation sites (N-methyl/N-ethyl adjacent to an activating group) is 1. The van der Waals surface area contributed by atoms with Crippen molar-refractivity contribution in [3.05, 3.63) is 29.3 Å². The maximum Gasteiger partial charge on any atom is 0.262 e. The summed E-state index contributed by atoms with van der Waals surface area (Å²) in [6, 6.07) is 7.26. The van der Waals surface area contributed by atoms with E-state index in [1.54, 1.807) is 12.1 Å². The second kappa shape index (κ2) is 7.85. The highest BCUT2D eigenvalue weighted by Crippen LogP contribution is 2.16. The van der Waals surface area contributed by atoms with Crippen LogP contribution in [0.2, 0.25) is 5.02 Å². The lowest BCUT2D eigenvalue weighted by Gasteiger charge is -2.17. The number of rotatable bonds is 7. The zero-order valence-electron chi connectivity index (χ0n) is 12.3. The fourth-order valence-corrected chi connectivity index (χ4v) is 2.01. The van der Waals surface area contributed by atoms with E-state index in [2.05, 4.69) is 44.5 Å².